The molecule has 0 saturated carbocycles. The Balaban J connectivity index is 1.77. The average Bonchev–Trinajstić information content (AvgIpc) is 2.78. The molecular weight excluding hydrogens is 340 g/mol. The number of ether oxygens (including phenoxy) is 1. The summed E-state index contributed by atoms with van der Waals surface area (Å²) < 4.78 is 5.85. The Kier molecular flexibility index (Phi) is 5.79. The molecule has 2 aromatic carbocycles. The molecule has 0 fully saturated rings. The average molecular weight is 366 g/mol. The van der Waals surface area contributed by atoms with Crippen molar-refractivity contribution in [2.24, 2.45) is 0 Å². The molecule has 1 N–H and O–H groups in total. The van der Waals surface area contributed by atoms with Gasteiger partial charge >= 0.3 is 0 Å². The lowest BCUT2D eigenvalue weighted by Gasteiger charge is -2.28. The third-order valence-corrected chi connectivity index (χ3v) is 4.95. The van der Waals surface area contributed by atoms with E-state index in [2.05, 4.69) is 12.2 Å². The summed E-state index contributed by atoms with van der Waals surface area (Å²) in [5, 5.41) is 2.94. The summed E-state index contributed by atoms with van der Waals surface area (Å²) in [7, 11) is 0. The standard InChI is InChI=1S/C22H26N2O3/c1-4-15(2)24-14-18-13-19(10-11-20(18)27-16(3)22(24)26)23-21(25)12-17-8-6-5-7-9-17/h5-11,13,15-16H,4,12,14H2,1-3H3,(H,23,25). The molecule has 3 rings (SSSR count). The van der Waals surface area contributed by atoms with Crippen LogP contribution in [0.3, 0.4) is 0 Å². The normalized spacial score (nSPS) is 17.5. The van der Waals surface area contributed by atoms with Gasteiger partial charge in [0, 0.05) is 23.8 Å². The van der Waals surface area contributed by atoms with Gasteiger partial charge in [-0.3, -0.25) is 9.59 Å². The van der Waals surface area contributed by atoms with Gasteiger partial charge < -0.3 is 15.0 Å². The lowest BCUT2D eigenvalue weighted by atomic mass is 10.1. The van der Waals surface area contributed by atoms with E-state index in [1.54, 1.807) is 6.92 Å². The Labute approximate surface area is 160 Å². The fourth-order valence-corrected chi connectivity index (χ4v) is 3.21. The lowest BCUT2D eigenvalue weighted by Crippen LogP contribution is -2.42. The number of nitrogens with zero attached hydrogens (tertiary/aromatic N) is 1. The fourth-order valence-electron chi connectivity index (χ4n) is 3.21. The maximum absolute atomic E-state index is 12.6. The van der Waals surface area contributed by atoms with E-state index in [1.165, 1.54) is 0 Å². The van der Waals surface area contributed by atoms with Gasteiger partial charge in [-0.15, -0.1) is 0 Å². The number of fused-ring (bicyclic) bond motifs is 1. The van der Waals surface area contributed by atoms with Crippen molar-refractivity contribution in [2.75, 3.05) is 5.32 Å². The van der Waals surface area contributed by atoms with Crippen molar-refractivity contribution in [1.82, 2.24) is 4.90 Å². The van der Waals surface area contributed by atoms with Gasteiger partial charge in [-0.05, 0) is 44.0 Å². The second kappa shape index (κ2) is 8.25. The van der Waals surface area contributed by atoms with Gasteiger partial charge in [-0.1, -0.05) is 37.3 Å². The van der Waals surface area contributed by atoms with E-state index in [4.69, 9.17) is 4.74 Å². The van der Waals surface area contributed by atoms with E-state index in [0.29, 0.717) is 24.4 Å². The largest absolute Gasteiger partial charge is 0.481 e. The number of nitrogens with one attached hydrogen (secondary N) is 1. The summed E-state index contributed by atoms with van der Waals surface area (Å²) in [6.07, 6.45) is 0.684. The van der Waals surface area contributed by atoms with Gasteiger partial charge in [0.05, 0.1) is 6.42 Å². The number of hydrogen-bond acceptors (Lipinski definition) is 3. The molecule has 0 saturated heterocycles. The highest BCUT2D eigenvalue weighted by molar-refractivity contribution is 5.92. The highest BCUT2D eigenvalue weighted by Crippen LogP contribution is 2.30. The molecule has 2 amide bonds. The van der Waals surface area contributed by atoms with Crippen molar-refractivity contribution in [1.29, 1.82) is 0 Å². The molecule has 5 heteroatoms. The van der Waals surface area contributed by atoms with Gasteiger partial charge in [-0.25, -0.2) is 0 Å². The van der Waals surface area contributed by atoms with Crippen molar-refractivity contribution in [3.05, 3.63) is 59.7 Å². The maximum atomic E-state index is 12.6. The van der Waals surface area contributed by atoms with E-state index < -0.39 is 6.10 Å². The highest BCUT2D eigenvalue weighted by atomic mass is 16.5. The fraction of sp³-hybridized carbons (Fsp3) is 0.364. The van der Waals surface area contributed by atoms with Crippen LogP contribution in [-0.2, 0) is 22.6 Å². The third kappa shape index (κ3) is 4.48. The number of hydrogen-bond donors (Lipinski definition) is 1. The van der Waals surface area contributed by atoms with E-state index in [9.17, 15) is 9.59 Å². The van der Waals surface area contributed by atoms with Crippen LogP contribution >= 0.6 is 0 Å². The molecule has 1 aliphatic rings. The second-order valence-corrected chi connectivity index (χ2v) is 7.02. The zero-order valence-electron chi connectivity index (χ0n) is 16.1. The summed E-state index contributed by atoms with van der Waals surface area (Å²) >= 11 is 0. The first-order valence-electron chi connectivity index (χ1n) is 9.41. The minimum atomic E-state index is -0.515. The van der Waals surface area contributed by atoms with Crippen LogP contribution in [0.5, 0.6) is 5.75 Å². The monoisotopic (exact) mass is 366 g/mol. The maximum Gasteiger partial charge on any atom is 0.263 e. The number of carbonyl (C=O) groups is 2. The van der Waals surface area contributed by atoms with E-state index in [0.717, 1.165) is 17.5 Å². The molecule has 0 aliphatic carbocycles. The lowest BCUT2D eigenvalue weighted by molar-refractivity contribution is -0.139. The zero-order chi connectivity index (χ0) is 19.4. The van der Waals surface area contributed by atoms with Crippen molar-refractivity contribution >= 4 is 17.5 Å². The molecule has 1 heterocycles. The van der Waals surface area contributed by atoms with Crippen LogP contribution in [0.1, 0.15) is 38.3 Å². The quantitative estimate of drug-likeness (QED) is 0.876. The minimum absolute atomic E-state index is 0.00443. The predicted octanol–water partition coefficient (Wildman–Crippen LogP) is 3.78. The summed E-state index contributed by atoms with van der Waals surface area (Å²) in [6, 6.07) is 15.3. The van der Waals surface area contributed by atoms with Gasteiger partial charge in [0.25, 0.3) is 5.91 Å². The number of amides is 2. The molecule has 2 atom stereocenters. The van der Waals surface area contributed by atoms with E-state index in [-0.39, 0.29) is 17.9 Å². The Morgan fingerprint density at radius 2 is 2.00 bits per heavy atom. The Morgan fingerprint density at radius 1 is 1.26 bits per heavy atom. The Hall–Kier alpha value is -2.82. The molecule has 0 radical (unpaired) electrons. The molecule has 5 nitrogen and oxygen atoms in total. The van der Waals surface area contributed by atoms with Gasteiger partial charge in [-0.2, -0.15) is 0 Å². The first-order valence-corrected chi connectivity index (χ1v) is 9.41. The van der Waals surface area contributed by atoms with Gasteiger partial charge in [0.2, 0.25) is 5.91 Å². The Morgan fingerprint density at radius 3 is 2.70 bits per heavy atom. The van der Waals surface area contributed by atoms with Gasteiger partial charge in [0.1, 0.15) is 5.75 Å². The van der Waals surface area contributed by atoms with Crippen molar-refractivity contribution < 1.29 is 14.3 Å². The van der Waals surface area contributed by atoms with Crippen LogP contribution in [0.15, 0.2) is 48.5 Å². The topological polar surface area (TPSA) is 58.6 Å². The van der Waals surface area contributed by atoms with Gasteiger partial charge in [0.15, 0.2) is 6.10 Å². The molecule has 2 unspecified atom stereocenters. The number of benzene rings is 2. The smallest absolute Gasteiger partial charge is 0.263 e. The van der Waals surface area contributed by atoms with Crippen LogP contribution in [0.2, 0.25) is 0 Å². The van der Waals surface area contributed by atoms with E-state index in [1.807, 2.05) is 60.4 Å². The van der Waals surface area contributed by atoms with Crippen molar-refractivity contribution in [3.8, 4) is 5.75 Å². The molecule has 142 valence electrons. The van der Waals surface area contributed by atoms with E-state index >= 15 is 0 Å². The summed E-state index contributed by atoms with van der Waals surface area (Å²) in [5.41, 5.74) is 2.59. The summed E-state index contributed by atoms with van der Waals surface area (Å²) in [6.45, 7) is 6.37. The zero-order valence-corrected chi connectivity index (χ0v) is 16.1. The second-order valence-electron chi connectivity index (χ2n) is 7.02. The SMILES string of the molecule is CCC(C)N1Cc2cc(NC(=O)Cc3ccccc3)ccc2OC(C)C1=O. The molecule has 0 spiro atoms. The number of carbonyl (C=O) groups excluding carboxylic acids is 2. The molecule has 0 aromatic heterocycles. The van der Waals surface area contributed by atoms with Crippen LogP contribution < -0.4 is 10.1 Å². The van der Waals surface area contributed by atoms with Crippen LogP contribution in [0.25, 0.3) is 0 Å². The number of anilines is 1. The molecule has 27 heavy (non-hydrogen) atoms. The van der Waals surface area contributed by atoms with Crippen LogP contribution in [-0.4, -0.2) is 28.9 Å². The molecule has 2 aromatic rings. The Bertz CT molecular complexity index is 820. The third-order valence-electron chi connectivity index (χ3n) is 4.95. The summed E-state index contributed by atoms with van der Waals surface area (Å²) in [4.78, 5) is 26.8. The first-order chi connectivity index (χ1) is 13.0. The first kappa shape index (κ1) is 19.0. The van der Waals surface area contributed by atoms with Crippen molar-refractivity contribution in [2.45, 2.75) is 52.3 Å². The molecular formula is C22H26N2O3. The highest BCUT2D eigenvalue weighted by Gasteiger charge is 2.30. The van der Waals surface area contributed by atoms with Crippen LogP contribution in [0.4, 0.5) is 5.69 Å². The minimum Gasteiger partial charge on any atom is -0.481 e. The predicted molar refractivity (Wildman–Crippen MR) is 106 cm³/mol. The van der Waals surface area contributed by atoms with Crippen LogP contribution in [0, 0.1) is 0 Å². The molecule has 0 bridgehead atoms. The molecule has 1 aliphatic heterocycles. The van der Waals surface area contributed by atoms with Crippen molar-refractivity contribution in [3.63, 3.8) is 0 Å². The number of rotatable bonds is 5. The summed E-state index contributed by atoms with van der Waals surface area (Å²) in [5.74, 6) is 0.622.